The molecule has 9 nitrogen and oxygen atoms in total. The fourth-order valence-corrected chi connectivity index (χ4v) is 2.50. The predicted molar refractivity (Wildman–Crippen MR) is 107 cm³/mol. The number of hydrogen-bond acceptors (Lipinski definition) is 7. The Morgan fingerprint density at radius 3 is 2.52 bits per heavy atom. The summed E-state index contributed by atoms with van der Waals surface area (Å²) >= 11 is 0. The van der Waals surface area contributed by atoms with Crippen molar-refractivity contribution in [2.45, 2.75) is 19.8 Å². The number of benzene rings is 2. The molecule has 2 amide bonds. The number of hydrogen-bond donors (Lipinski definition) is 2. The molecular formula is C21H21FN4O5. The van der Waals surface area contributed by atoms with Crippen LogP contribution in [0, 0.1) is 5.82 Å². The van der Waals surface area contributed by atoms with Gasteiger partial charge in [0.2, 0.25) is 17.6 Å². The van der Waals surface area contributed by atoms with Crippen molar-refractivity contribution in [1.29, 1.82) is 0 Å². The summed E-state index contributed by atoms with van der Waals surface area (Å²) in [4.78, 5) is 27.9. The van der Waals surface area contributed by atoms with Gasteiger partial charge in [-0.25, -0.2) is 4.39 Å². The highest BCUT2D eigenvalue weighted by molar-refractivity contribution is 5.82. The average molecular weight is 428 g/mol. The van der Waals surface area contributed by atoms with Gasteiger partial charge in [0, 0.05) is 18.4 Å². The summed E-state index contributed by atoms with van der Waals surface area (Å²) in [6, 6.07) is 12.9. The highest BCUT2D eigenvalue weighted by atomic mass is 19.1. The molecular weight excluding hydrogens is 407 g/mol. The summed E-state index contributed by atoms with van der Waals surface area (Å²) in [5.74, 6) is -0.294. The van der Waals surface area contributed by atoms with Gasteiger partial charge in [0.1, 0.15) is 5.75 Å². The van der Waals surface area contributed by atoms with Gasteiger partial charge in [-0.3, -0.25) is 20.4 Å². The molecule has 0 aliphatic carbocycles. The zero-order valence-electron chi connectivity index (χ0n) is 16.8. The van der Waals surface area contributed by atoms with Crippen LogP contribution in [0.25, 0.3) is 11.4 Å². The summed E-state index contributed by atoms with van der Waals surface area (Å²) in [5.41, 5.74) is 5.19. The summed E-state index contributed by atoms with van der Waals surface area (Å²) in [6.45, 7) is 2.03. The molecule has 0 bridgehead atoms. The van der Waals surface area contributed by atoms with Gasteiger partial charge in [-0.1, -0.05) is 17.3 Å². The third kappa shape index (κ3) is 6.53. The minimum atomic E-state index is -0.632. The number of aromatic nitrogens is 2. The largest absolute Gasteiger partial charge is 0.494 e. The van der Waals surface area contributed by atoms with Gasteiger partial charge in [-0.05, 0) is 43.3 Å². The van der Waals surface area contributed by atoms with Crippen molar-refractivity contribution in [1.82, 2.24) is 21.0 Å². The second kappa shape index (κ2) is 10.7. The highest BCUT2D eigenvalue weighted by Gasteiger charge is 2.12. The van der Waals surface area contributed by atoms with Gasteiger partial charge in [0.15, 0.2) is 18.2 Å². The maximum atomic E-state index is 13.4. The third-order valence-corrected chi connectivity index (χ3v) is 3.99. The van der Waals surface area contributed by atoms with Crippen molar-refractivity contribution in [2.24, 2.45) is 0 Å². The van der Waals surface area contributed by atoms with E-state index in [1.54, 1.807) is 18.2 Å². The Hall–Kier alpha value is -3.95. The first-order valence-electron chi connectivity index (χ1n) is 9.56. The van der Waals surface area contributed by atoms with Crippen molar-refractivity contribution >= 4 is 11.8 Å². The van der Waals surface area contributed by atoms with E-state index in [2.05, 4.69) is 21.0 Å². The van der Waals surface area contributed by atoms with Crippen LogP contribution in [0.15, 0.2) is 53.1 Å². The van der Waals surface area contributed by atoms with E-state index in [4.69, 9.17) is 14.0 Å². The van der Waals surface area contributed by atoms with Crippen LogP contribution in [0.3, 0.4) is 0 Å². The number of halogens is 1. The Labute approximate surface area is 177 Å². The van der Waals surface area contributed by atoms with Crippen molar-refractivity contribution in [3.63, 3.8) is 0 Å². The van der Waals surface area contributed by atoms with Crippen molar-refractivity contribution in [3.05, 3.63) is 60.2 Å². The van der Waals surface area contributed by atoms with E-state index in [1.807, 2.05) is 19.1 Å². The fraction of sp³-hybridized carbons (Fsp3) is 0.238. The van der Waals surface area contributed by atoms with Crippen molar-refractivity contribution < 1.29 is 28.0 Å². The van der Waals surface area contributed by atoms with Gasteiger partial charge in [0.05, 0.1) is 6.61 Å². The zero-order valence-corrected chi connectivity index (χ0v) is 16.8. The summed E-state index contributed by atoms with van der Waals surface area (Å²) in [7, 11) is 0. The number of nitrogens with one attached hydrogen (secondary N) is 2. The number of hydrazine groups is 1. The van der Waals surface area contributed by atoms with Crippen LogP contribution >= 0.6 is 0 Å². The topological polar surface area (TPSA) is 116 Å². The van der Waals surface area contributed by atoms with Crippen LogP contribution in [0.2, 0.25) is 0 Å². The highest BCUT2D eigenvalue weighted by Crippen LogP contribution is 2.20. The number of amides is 2. The molecule has 3 rings (SSSR count). The van der Waals surface area contributed by atoms with Crippen LogP contribution in [0.4, 0.5) is 4.39 Å². The molecule has 2 N–H and O–H groups in total. The summed E-state index contributed by atoms with van der Waals surface area (Å²) in [5, 5.41) is 3.90. The lowest BCUT2D eigenvalue weighted by Crippen LogP contribution is -2.43. The molecule has 0 fully saturated rings. The van der Waals surface area contributed by atoms with E-state index < -0.39 is 24.2 Å². The Kier molecular flexibility index (Phi) is 7.52. The average Bonchev–Trinajstić information content (AvgIpc) is 3.25. The molecule has 3 aromatic rings. The standard InChI is InChI=1S/C21H21FN4O5/c1-2-29-15-9-7-14(8-10-15)21-23-20(31-26-21)12-11-18(27)24-25-19(28)13-30-17-6-4-3-5-16(17)22/h3-10H,2,11-13H2,1H3,(H,24,27)(H,25,28). The molecule has 0 radical (unpaired) electrons. The molecule has 2 aromatic carbocycles. The number of rotatable bonds is 9. The van der Waals surface area contributed by atoms with Crippen LogP contribution in [-0.2, 0) is 16.0 Å². The van der Waals surface area contributed by atoms with Crippen LogP contribution < -0.4 is 20.3 Å². The Bertz CT molecular complexity index is 1020. The van der Waals surface area contributed by atoms with E-state index in [-0.39, 0.29) is 24.5 Å². The van der Waals surface area contributed by atoms with Gasteiger partial charge in [0.25, 0.3) is 5.91 Å². The molecule has 31 heavy (non-hydrogen) atoms. The fourth-order valence-electron chi connectivity index (χ4n) is 2.50. The van der Waals surface area contributed by atoms with Crippen molar-refractivity contribution in [3.8, 4) is 22.9 Å². The molecule has 162 valence electrons. The number of para-hydroxylation sites is 1. The molecule has 0 atom stereocenters. The Balaban J connectivity index is 1.39. The lowest BCUT2D eigenvalue weighted by Gasteiger charge is -2.08. The van der Waals surface area contributed by atoms with E-state index >= 15 is 0 Å². The van der Waals surface area contributed by atoms with Crippen LogP contribution in [0.1, 0.15) is 19.2 Å². The number of aryl methyl sites for hydroxylation is 1. The first kappa shape index (κ1) is 21.8. The molecule has 10 heteroatoms. The zero-order chi connectivity index (χ0) is 22.1. The van der Waals surface area contributed by atoms with Crippen LogP contribution in [-0.4, -0.2) is 35.2 Å². The Morgan fingerprint density at radius 2 is 1.77 bits per heavy atom. The first-order chi connectivity index (χ1) is 15.0. The molecule has 0 aliphatic heterocycles. The van der Waals surface area contributed by atoms with E-state index in [9.17, 15) is 14.0 Å². The Morgan fingerprint density at radius 1 is 1.03 bits per heavy atom. The molecule has 1 aromatic heterocycles. The van der Waals surface area contributed by atoms with E-state index in [0.29, 0.717) is 12.4 Å². The quantitative estimate of drug-likeness (QED) is 0.503. The lowest BCUT2D eigenvalue weighted by molar-refractivity contribution is -0.130. The molecule has 0 saturated carbocycles. The first-order valence-corrected chi connectivity index (χ1v) is 9.56. The van der Waals surface area contributed by atoms with Gasteiger partial charge >= 0.3 is 0 Å². The maximum absolute atomic E-state index is 13.4. The number of carbonyl (C=O) groups is 2. The monoisotopic (exact) mass is 428 g/mol. The predicted octanol–water partition coefficient (Wildman–Crippen LogP) is 2.43. The van der Waals surface area contributed by atoms with Gasteiger partial charge in [-0.2, -0.15) is 4.98 Å². The molecule has 1 heterocycles. The molecule has 0 spiro atoms. The van der Waals surface area contributed by atoms with E-state index in [1.165, 1.54) is 18.2 Å². The third-order valence-electron chi connectivity index (χ3n) is 3.99. The van der Waals surface area contributed by atoms with Crippen LogP contribution in [0.5, 0.6) is 11.5 Å². The minimum absolute atomic E-state index is 0.0133. The molecule has 0 aliphatic rings. The SMILES string of the molecule is CCOc1ccc(-c2noc(CCC(=O)NNC(=O)COc3ccccc3F)n2)cc1. The lowest BCUT2D eigenvalue weighted by atomic mass is 10.2. The normalized spacial score (nSPS) is 10.4. The second-order valence-corrected chi connectivity index (χ2v) is 6.28. The van der Waals surface area contributed by atoms with Gasteiger partial charge < -0.3 is 14.0 Å². The smallest absolute Gasteiger partial charge is 0.276 e. The van der Waals surface area contributed by atoms with E-state index in [0.717, 1.165) is 11.3 Å². The van der Waals surface area contributed by atoms with Crippen molar-refractivity contribution in [2.75, 3.05) is 13.2 Å². The number of ether oxygens (including phenoxy) is 2. The van der Waals surface area contributed by atoms with Gasteiger partial charge in [-0.15, -0.1) is 0 Å². The molecule has 0 saturated heterocycles. The number of nitrogens with zero attached hydrogens (tertiary/aromatic N) is 2. The summed E-state index contributed by atoms with van der Waals surface area (Å²) < 4.78 is 29.0. The number of carbonyl (C=O) groups excluding carboxylic acids is 2. The second-order valence-electron chi connectivity index (χ2n) is 6.28. The molecule has 0 unspecified atom stereocenters. The minimum Gasteiger partial charge on any atom is -0.494 e. The summed E-state index contributed by atoms with van der Waals surface area (Å²) in [6.07, 6.45) is 0.205. The maximum Gasteiger partial charge on any atom is 0.276 e.